The number of aliphatic hydroxyl groups excluding tert-OH is 1. The van der Waals surface area contributed by atoms with Gasteiger partial charge in [-0.2, -0.15) is 0 Å². The number of hydrogen-bond donors (Lipinski definition) is 3. The molecule has 1 aliphatic rings. The van der Waals surface area contributed by atoms with Gasteiger partial charge in [0.25, 0.3) is 0 Å². The first-order chi connectivity index (χ1) is 17.5. The molecule has 210 valence electrons. The van der Waals surface area contributed by atoms with E-state index in [1.54, 1.807) is 6.92 Å². The number of carbonyl (C=O) groups excluding carboxylic acids is 2. The molecule has 0 spiro atoms. The summed E-state index contributed by atoms with van der Waals surface area (Å²) in [5, 5.41) is 29.5. The van der Waals surface area contributed by atoms with Crippen LogP contribution in [0.3, 0.4) is 0 Å². The number of hydrogen-bond acceptors (Lipinski definition) is 8. The van der Waals surface area contributed by atoms with E-state index in [0.29, 0.717) is 6.61 Å². The number of likely N-dealkylation sites (N-methyl/N-ethyl adjacent to an activating group) is 1. The summed E-state index contributed by atoms with van der Waals surface area (Å²) in [6.45, 7) is 7.40. The van der Waals surface area contributed by atoms with E-state index in [1.807, 2.05) is 0 Å². The molecule has 2 aromatic heterocycles. The van der Waals surface area contributed by atoms with Gasteiger partial charge in [0.05, 0.1) is 0 Å². The number of anilines is 2. The molecule has 3 N–H and O–H groups in total. The van der Waals surface area contributed by atoms with E-state index in [-0.39, 0.29) is 33.1 Å². The number of alkyl halides is 2. The highest BCUT2D eigenvalue weighted by atomic mass is 35.5. The Labute approximate surface area is 228 Å². The smallest absolute Gasteiger partial charge is 0.329 e. The Bertz CT molecular complexity index is 1160. The fourth-order valence-corrected chi connectivity index (χ4v) is 3.89. The lowest BCUT2D eigenvalue weighted by atomic mass is 10.0. The number of halogens is 4. The maximum atomic E-state index is 14.2. The van der Waals surface area contributed by atoms with Gasteiger partial charge in [-0.1, -0.05) is 23.2 Å². The molecule has 12 nitrogen and oxygen atoms in total. The Morgan fingerprint density at radius 3 is 2.11 bits per heavy atom. The third kappa shape index (κ3) is 7.34. The van der Waals surface area contributed by atoms with Crippen LogP contribution in [0.15, 0.2) is 12.1 Å². The number of aliphatic hydroxyl groups is 1. The number of urea groups is 2. The predicted molar refractivity (Wildman–Crippen MR) is 137 cm³/mol. The van der Waals surface area contributed by atoms with Crippen molar-refractivity contribution in [2.75, 3.05) is 30.9 Å². The largest absolute Gasteiger partial charge is 0.369 e. The Balaban J connectivity index is 0.000000281. The first-order valence-corrected chi connectivity index (χ1v) is 12.1. The zero-order valence-corrected chi connectivity index (χ0v) is 23.4. The summed E-state index contributed by atoms with van der Waals surface area (Å²) in [7, 11) is 2.95. The van der Waals surface area contributed by atoms with Gasteiger partial charge in [-0.3, -0.25) is 10.2 Å². The lowest BCUT2D eigenvalue weighted by Gasteiger charge is -2.22. The number of rotatable bonds is 6. The number of nitrogens with one attached hydrogen (secondary N) is 2. The van der Waals surface area contributed by atoms with Gasteiger partial charge >= 0.3 is 12.1 Å². The van der Waals surface area contributed by atoms with E-state index in [9.17, 15) is 23.5 Å². The third-order valence-electron chi connectivity index (χ3n) is 5.23. The van der Waals surface area contributed by atoms with Crippen molar-refractivity contribution in [1.82, 2.24) is 30.6 Å². The summed E-state index contributed by atoms with van der Waals surface area (Å²) < 4.78 is 33.2. The maximum Gasteiger partial charge on any atom is 0.329 e. The van der Waals surface area contributed by atoms with Gasteiger partial charge < -0.3 is 15.2 Å². The average Bonchev–Trinajstić information content (AvgIpc) is 3.03. The third-order valence-corrected chi connectivity index (χ3v) is 5.79. The van der Waals surface area contributed by atoms with Crippen LogP contribution in [0.1, 0.15) is 45.7 Å². The van der Waals surface area contributed by atoms with Crippen LogP contribution in [0.2, 0.25) is 10.3 Å². The minimum atomic E-state index is -1.76. The van der Waals surface area contributed by atoms with Crippen molar-refractivity contribution >= 4 is 46.9 Å². The summed E-state index contributed by atoms with van der Waals surface area (Å²) in [5.41, 5.74) is -3.15. The molecule has 0 bridgehead atoms. The molecule has 0 aliphatic carbocycles. The summed E-state index contributed by atoms with van der Waals surface area (Å²) in [4.78, 5) is 25.5. The van der Waals surface area contributed by atoms with Crippen LogP contribution in [0.4, 0.5) is 30.0 Å². The van der Waals surface area contributed by atoms with Crippen LogP contribution in [0.5, 0.6) is 0 Å². The lowest BCUT2D eigenvalue weighted by Crippen LogP contribution is -2.39. The number of carbonyl (C=O) groups is 2. The second-order valence-corrected chi connectivity index (χ2v) is 9.73. The van der Waals surface area contributed by atoms with Crippen LogP contribution in [0.25, 0.3) is 0 Å². The van der Waals surface area contributed by atoms with E-state index < -0.39 is 35.9 Å². The van der Waals surface area contributed by atoms with Crippen LogP contribution >= 0.6 is 23.2 Å². The molecule has 3 heterocycles. The van der Waals surface area contributed by atoms with Crippen molar-refractivity contribution in [2.45, 2.75) is 58.4 Å². The van der Waals surface area contributed by atoms with E-state index >= 15 is 0 Å². The molecule has 38 heavy (non-hydrogen) atoms. The highest BCUT2D eigenvalue weighted by Crippen LogP contribution is 2.34. The second kappa shape index (κ2) is 12.3. The summed E-state index contributed by atoms with van der Waals surface area (Å²) >= 11 is 11.6. The molecule has 1 fully saturated rings. The molecule has 3 rings (SSSR count). The Kier molecular flexibility index (Phi) is 10.1. The van der Waals surface area contributed by atoms with Crippen LogP contribution in [0, 0.1) is 0 Å². The van der Waals surface area contributed by atoms with Gasteiger partial charge in [0.15, 0.2) is 34.4 Å². The van der Waals surface area contributed by atoms with E-state index in [1.165, 1.54) is 58.8 Å². The minimum Gasteiger partial charge on any atom is -0.369 e. The Morgan fingerprint density at radius 2 is 1.61 bits per heavy atom. The van der Waals surface area contributed by atoms with Crippen molar-refractivity contribution in [3.8, 4) is 0 Å². The fourth-order valence-electron chi connectivity index (χ4n) is 3.26. The number of amides is 4. The predicted octanol–water partition coefficient (Wildman–Crippen LogP) is 3.97. The molecular weight excluding hydrogens is 549 g/mol. The molecule has 1 aliphatic heterocycles. The zero-order valence-electron chi connectivity index (χ0n) is 21.9. The Morgan fingerprint density at radius 1 is 1.08 bits per heavy atom. The SMILES string of the molecule is CCOC1C(O)N(c2cc(C(C)(C)F)c(Cl)nn2)C(=O)N1C.CNC(=O)Nc1cc(C(C)(C)F)c(Cl)nn1. The standard InChI is InChI=1S/C13H18ClFN4O3.C9H12ClFN4O/c1-5-22-11-10(20)19(12(21)18(11)4)8-6-7(13(2,3)15)9(14)17-16-8;1-9(2,11)5-4-6(13-8(16)12-3)14-15-7(5)10/h6,10-11,20H,5H2,1-4H3;4H,1-3H3,(H2,12,13,14,16). The number of nitrogens with zero attached hydrogens (tertiary/aromatic N) is 6. The monoisotopic (exact) mass is 578 g/mol. The summed E-state index contributed by atoms with van der Waals surface area (Å²) in [6, 6.07) is 1.67. The summed E-state index contributed by atoms with van der Waals surface area (Å²) in [5.74, 6) is 0.154. The molecule has 0 aromatic carbocycles. The van der Waals surface area contributed by atoms with Crippen molar-refractivity contribution in [3.05, 3.63) is 33.6 Å². The molecule has 2 aromatic rings. The lowest BCUT2D eigenvalue weighted by molar-refractivity contribution is -0.0688. The highest BCUT2D eigenvalue weighted by molar-refractivity contribution is 6.30. The first kappa shape index (κ1) is 31.3. The Hall–Kier alpha value is -2.94. The number of aromatic nitrogens is 4. The fraction of sp³-hybridized carbons (Fsp3) is 0.545. The zero-order chi connectivity index (χ0) is 29.0. The molecule has 16 heteroatoms. The molecule has 0 saturated carbocycles. The van der Waals surface area contributed by atoms with Crippen LogP contribution < -0.4 is 15.5 Å². The molecule has 0 radical (unpaired) electrons. The van der Waals surface area contributed by atoms with Crippen molar-refractivity contribution in [2.24, 2.45) is 0 Å². The minimum absolute atomic E-state index is 0.0108. The summed E-state index contributed by atoms with van der Waals surface area (Å²) in [6.07, 6.45) is -2.11. The van der Waals surface area contributed by atoms with Crippen LogP contribution in [-0.4, -0.2) is 75.6 Å². The first-order valence-electron chi connectivity index (χ1n) is 11.3. The van der Waals surface area contributed by atoms with Crippen molar-refractivity contribution in [1.29, 1.82) is 0 Å². The average molecular weight is 579 g/mol. The van der Waals surface area contributed by atoms with Crippen LogP contribution in [-0.2, 0) is 16.1 Å². The normalized spacial score (nSPS) is 17.7. The topological polar surface area (TPSA) is 146 Å². The molecule has 2 unspecified atom stereocenters. The van der Waals surface area contributed by atoms with Gasteiger partial charge in [-0.25, -0.2) is 23.3 Å². The molecule has 4 amide bonds. The second-order valence-electron chi connectivity index (χ2n) is 9.01. The van der Waals surface area contributed by atoms with Crippen molar-refractivity contribution in [3.63, 3.8) is 0 Å². The number of ether oxygens (including phenoxy) is 1. The molecule has 2 atom stereocenters. The van der Waals surface area contributed by atoms with E-state index in [2.05, 4.69) is 31.0 Å². The quantitative estimate of drug-likeness (QED) is 0.466. The van der Waals surface area contributed by atoms with Gasteiger partial charge in [0.2, 0.25) is 0 Å². The van der Waals surface area contributed by atoms with E-state index in [4.69, 9.17) is 27.9 Å². The van der Waals surface area contributed by atoms with E-state index in [0.717, 1.165) is 4.90 Å². The van der Waals surface area contributed by atoms with Crippen molar-refractivity contribution < 1.29 is 28.2 Å². The highest BCUT2D eigenvalue weighted by Gasteiger charge is 2.45. The van der Waals surface area contributed by atoms with Gasteiger partial charge in [0, 0.05) is 31.8 Å². The van der Waals surface area contributed by atoms with Gasteiger partial charge in [-0.05, 0) is 46.8 Å². The van der Waals surface area contributed by atoms with Gasteiger partial charge in [-0.15, -0.1) is 20.4 Å². The molecular formula is C22H30Cl2F2N8O4. The maximum absolute atomic E-state index is 14.2. The molecule has 1 saturated heterocycles. The van der Waals surface area contributed by atoms with Gasteiger partial charge in [0.1, 0.15) is 11.3 Å².